The summed E-state index contributed by atoms with van der Waals surface area (Å²) in [7, 11) is 1.64. The van der Waals surface area contributed by atoms with Crippen LogP contribution >= 0.6 is 0 Å². The van der Waals surface area contributed by atoms with Gasteiger partial charge in [-0.3, -0.25) is 19.4 Å². The van der Waals surface area contributed by atoms with E-state index in [-0.39, 0.29) is 38.1 Å². The number of carbonyl (C=O) groups excluding carboxylic acids is 2. The lowest BCUT2D eigenvalue weighted by Gasteiger charge is -2.39. The van der Waals surface area contributed by atoms with E-state index in [0.29, 0.717) is 0 Å². The molecule has 0 radical (unpaired) electrons. The van der Waals surface area contributed by atoms with Gasteiger partial charge in [-0.2, -0.15) is 9.78 Å². The molecule has 0 aliphatic rings. The number of hydrazine groups is 1. The molecule has 0 spiro atoms. The van der Waals surface area contributed by atoms with Crippen molar-refractivity contribution in [1.82, 2.24) is 21.1 Å². The molecule has 0 aromatic rings. The van der Waals surface area contributed by atoms with Crippen LogP contribution in [0.4, 0.5) is 0 Å². The minimum atomic E-state index is -1.09. The van der Waals surface area contributed by atoms with Crippen LogP contribution in [-0.2, 0) is 29.1 Å². The summed E-state index contributed by atoms with van der Waals surface area (Å²) in [6.07, 6.45) is 14.3. The van der Waals surface area contributed by atoms with Crippen molar-refractivity contribution in [2.75, 3.05) is 33.4 Å². The molecule has 0 saturated carbocycles. The summed E-state index contributed by atoms with van der Waals surface area (Å²) in [6, 6.07) is 0. The molecule has 10 nitrogen and oxygen atoms in total. The van der Waals surface area contributed by atoms with Crippen molar-refractivity contribution in [3.05, 3.63) is 0 Å². The van der Waals surface area contributed by atoms with E-state index in [4.69, 9.17) is 22.6 Å². The van der Waals surface area contributed by atoms with E-state index >= 15 is 0 Å². The number of terminal acetylenes is 2. The van der Waals surface area contributed by atoms with Gasteiger partial charge in [-0.15, -0.1) is 12.8 Å². The maximum atomic E-state index is 12.8. The van der Waals surface area contributed by atoms with E-state index in [1.807, 2.05) is 0 Å². The van der Waals surface area contributed by atoms with Gasteiger partial charge in [-0.05, 0) is 86.9 Å². The number of amides is 2. The second kappa shape index (κ2) is 25.6. The predicted molar refractivity (Wildman–Crippen MR) is 175 cm³/mol. The second-order valence-corrected chi connectivity index (χ2v) is 8.92. The Hall–Kier alpha value is -6.90. The molecule has 0 aliphatic heterocycles. The first-order valence-corrected chi connectivity index (χ1v) is 13.2. The molecule has 0 fully saturated rings. The maximum Gasteiger partial charge on any atom is 0.241 e. The number of hydrogen-bond acceptors (Lipinski definition) is 8. The van der Waals surface area contributed by atoms with Crippen molar-refractivity contribution in [3.8, 4) is 143 Å². The SMILES string of the molecule is C#CC#CC#CC#CC#CC#COOCCNC(=O)C(C)(C)NN(C)C(C)(C)C(=O)NCCOOC#CC#CC#CC#CC#CC#C. The van der Waals surface area contributed by atoms with Gasteiger partial charge >= 0.3 is 0 Å². The minimum absolute atomic E-state index is 0.0157. The van der Waals surface area contributed by atoms with Crippen LogP contribution in [-0.4, -0.2) is 61.3 Å². The molecule has 0 saturated heterocycles. The zero-order valence-corrected chi connectivity index (χ0v) is 26.4. The molecule has 0 rings (SSSR count). The molecule has 0 unspecified atom stereocenters. The number of nitrogens with zero attached hydrogens (tertiary/aromatic N) is 1. The monoisotopic (exact) mass is 624 g/mol. The zero-order chi connectivity index (χ0) is 35.1. The summed E-state index contributed by atoms with van der Waals surface area (Å²) >= 11 is 0. The molecule has 0 heterocycles. The van der Waals surface area contributed by atoms with Crippen molar-refractivity contribution in [1.29, 1.82) is 0 Å². The lowest BCUT2D eigenvalue weighted by atomic mass is 10.0. The van der Waals surface area contributed by atoms with Crippen LogP contribution in [0, 0.1) is 143 Å². The fourth-order valence-corrected chi connectivity index (χ4v) is 2.36. The van der Waals surface area contributed by atoms with Crippen molar-refractivity contribution < 1.29 is 29.1 Å². The Morgan fingerprint density at radius 1 is 0.574 bits per heavy atom. The number of likely N-dealkylation sites (N-methyl/N-ethyl adjacent to an activating group) is 1. The summed E-state index contributed by atoms with van der Waals surface area (Å²) in [5.74, 6) is 47.0. The third-order valence-corrected chi connectivity index (χ3v) is 4.80. The third-order valence-electron chi connectivity index (χ3n) is 4.80. The first-order valence-electron chi connectivity index (χ1n) is 13.2. The van der Waals surface area contributed by atoms with E-state index in [9.17, 15) is 9.59 Å². The highest BCUT2D eigenvalue weighted by atomic mass is 17.2. The molecule has 0 aromatic heterocycles. The number of rotatable bonds is 13. The van der Waals surface area contributed by atoms with E-state index < -0.39 is 11.1 Å². The molecule has 2 amide bonds. The lowest BCUT2D eigenvalue weighted by Crippen LogP contribution is -2.66. The van der Waals surface area contributed by atoms with E-state index in [0.717, 1.165) is 0 Å². The zero-order valence-electron chi connectivity index (χ0n) is 26.4. The smallest absolute Gasteiger partial charge is 0.241 e. The van der Waals surface area contributed by atoms with Crippen LogP contribution in [0.3, 0.4) is 0 Å². The summed E-state index contributed by atoms with van der Waals surface area (Å²) in [5.41, 5.74) is 0.893. The predicted octanol–water partition coefficient (Wildman–Crippen LogP) is -0.676. The van der Waals surface area contributed by atoms with Gasteiger partial charge in [-0.25, -0.2) is 10.4 Å². The van der Waals surface area contributed by atoms with Gasteiger partial charge < -0.3 is 10.6 Å². The highest BCUT2D eigenvalue weighted by molar-refractivity contribution is 5.86. The average molecular weight is 625 g/mol. The van der Waals surface area contributed by atoms with Gasteiger partial charge in [0.05, 0.1) is 0 Å². The van der Waals surface area contributed by atoms with Gasteiger partial charge in [0.2, 0.25) is 11.8 Å². The summed E-state index contributed by atoms with van der Waals surface area (Å²) in [6.45, 7) is 6.96. The average Bonchev–Trinajstić information content (AvgIpc) is 3.04. The molecule has 0 aliphatic carbocycles. The highest BCUT2D eigenvalue weighted by Crippen LogP contribution is 2.14. The lowest BCUT2D eigenvalue weighted by molar-refractivity contribution is -0.234. The molecule has 0 aromatic carbocycles. The second-order valence-electron chi connectivity index (χ2n) is 8.92. The van der Waals surface area contributed by atoms with Crippen molar-refractivity contribution in [2.45, 2.75) is 38.8 Å². The Labute approximate surface area is 277 Å². The van der Waals surface area contributed by atoms with Crippen LogP contribution < -0.4 is 16.1 Å². The van der Waals surface area contributed by atoms with Crippen molar-refractivity contribution in [3.63, 3.8) is 0 Å². The Bertz CT molecular complexity index is 1860. The highest BCUT2D eigenvalue weighted by Gasteiger charge is 2.37. The van der Waals surface area contributed by atoms with Gasteiger partial charge in [0.25, 0.3) is 0 Å². The fraction of sp³-hybridized carbons (Fsp3) is 0.297. The fourth-order valence-electron chi connectivity index (χ4n) is 2.36. The largest absolute Gasteiger partial charge is 0.352 e. The Morgan fingerprint density at radius 3 is 1.30 bits per heavy atom. The first-order chi connectivity index (χ1) is 22.6. The Kier molecular flexibility index (Phi) is 21.8. The molecule has 0 atom stereocenters. The molecular formula is C37H28N4O6. The summed E-state index contributed by atoms with van der Waals surface area (Å²) in [5, 5.41) is 6.96. The number of hydrogen-bond donors (Lipinski definition) is 3. The van der Waals surface area contributed by atoms with Gasteiger partial charge in [0, 0.05) is 79.3 Å². The van der Waals surface area contributed by atoms with Crippen LogP contribution in [0.15, 0.2) is 0 Å². The summed E-state index contributed by atoms with van der Waals surface area (Å²) in [4.78, 5) is 44.6. The topological polar surface area (TPSA) is 110 Å². The molecular weight excluding hydrogens is 596 g/mol. The van der Waals surface area contributed by atoms with E-state index in [1.165, 1.54) is 5.01 Å². The van der Waals surface area contributed by atoms with Crippen molar-refractivity contribution >= 4 is 11.8 Å². The van der Waals surface area contributed by atoms with Gasteiger partial charge in [0.1, 0.15) is 24.3 Å². The molecule has 232 valence electrons. The molecule has 47 heavy (non-hydrogen) atoms. The third kappa shape index (κ3) is 21.4. The van der Waals surface area contributed by atoms with Gasteiger partial charge in [-0.1, -0.05) is 0 Å². The maximum absolute atomic E-state index is 12.8. The first kappa shape index (κ1) is 40.1. The molecule has 0 bridgehead atoms. The number of nitrogens with one attached hydrogen (secondary N) is 3. The van der Waals surface area contributed by atoms with Gasteiger partial charge in [0.15, 0.2) is 12.2 Å². The minimum Gasteiger partial charge on any atom is -0.352 e. The normalized spacial score (nSPS) is 8.17. The van der Waals surface area contributed by atoms with Crippen LogP contribution in [0.1, 0.15) is 27.7 Å². The van der Waals surface area contributed by atoms with Crippen LogP contribution in [0.5, 0.6) is 0 Å². The standard InChI is InChI=1S/C37H28N4O6/c1-8-10-12-14-16-18-20-22-24-26-30-44-46-32-28-38-34(42)36(3,4)40-41(7)37(5,6)35(43)39-29-33-47-45-31-27-25-23-21-19-17-15-13-11-9-2/h1-2,40H,28-29,32-33H2,3-7H3,(H,38,42)(H,39,43). The van der Waals surface area contributed by atoms with Crippen LogP contribution in [0.25, 0.3) is 0 Å². The molecule has 3 N–H and O–H groups in total. The van der Waals surface area contributed by atoms with E-state index in [1.54, 1.807) is 34.7 Å². The summed E-state index contributed by atoms with van der Waals surface area (Å²) < 4.78 is 0. The van der Waals surface area contributed by atoms with Crippen molar-refractivity contribution in [2.24, 2.45) is 0 Å². The number of carbonyl (C=O) groups is 2. The Balaban J connectivity index is 4.44. The quantitative estimate of drug-likeness (QED) is 0.107. The Morgan fingerprint density at radius 2 is 0.915 bits per heavy atom. The van der Waals surface area contributed by atoms with Crippen LogP contribution in [0.2, 0.25) is 0 Å². The molecule has 10 heteroatoms. The van der Waals surface area contributed by atoms with E-state index in [2.05, 4.69) is 156 Å².